The summed E-state index contributed by atoms with van der Waals surface area (Å²) in [4.78, 5) is 5.60. The third-order valence-corrected chi connectivity index (χ3v) is 6.31. The smallest absolute Gasteiger partial charge is 0.211 e. The van der Waals surface area contributed by atoms with Crippen LogP contribution in [0.15, 0.2) is 22.5 Å². The maximum atomic E-state index is 11.5. The minimum Gasteiger partial charge on any atom is -0.356 e. The van der Waals surface area contributed by atoms with Crippen LogP contribution in [0.3, 0.4) is 0 Å². The number of halogens is 1. The third-order valence-electron chi connectivity index (χ3n) is 4.07. The average Bonchev–Trinajstić information content (AvgIpc) is 3.03. The summed E-state index contributed by atoms with van der Waals surface area (Å²) in [6.07, 6.45) is 4.06. The van der Waals surface area contributed by atoms with Gasteiger partial charge >= 0.3 is 0 Å². The predicted octanol–water partition coefficient (Wildman–Crippen LogP) is 1.75. The van der Waals surface area contributed by atoms with Gasteiger partial charge in [-0.1, -0.05) is 6.07 Å². The quantitative estimate of drug-likeness (QED) is 0.365. The van der Waals surface area contributed by atoms with Crippen molar-refractivity contribution in [3.63, 3.8) is 0 Å². The van der Waals surface area contributed by atoms with Crippen LogP contribution in [-0.2, 0) is 16.4 Å². The molecular weight excluding hydrogens is 459 g/mol. The van der Waals surface area contributed by atoms with Crippen molar-refractivity contribution in [1.82, 2.24) is 14.9 Å². The van der Waals surface area contributed by atoms with Crippen LogP contribution < -0.4 is 10.6 Å². The van der Waals surface area contributed by atoms with Crippen molar-refractivity contribution in [2.45, 2.75) is 19.3 Å². The Labute approximate surface area is 166 Å². The Bertz CT molecular complexity index is 597. The standard InChI is InChI=1S/C15H26N4O2S2.HI/c1-16-15(17-8-5-14-4-3-11-22-14)18-12-13-6-9-19(10-7-13)23(2,20)21;/h3-4,11,13H,5-10,12H2,1-2H3,(H2,16,17,18);1H. The normalized spacial score (nSPS) is 17.3. The van der Waals surface area contributed by atoms with Crippen LogP contribution in [0.25, 0.3) is 0 Å². The zero-order valence-corrected chi connectivity index (χ0v) is 18.2. The summed E-state index contributed by atoms with van der Waals surface area (Å²) in [6.45, 7) is 2.92. The Hall–Kier alpha value is -0.390. The van der Waals surface area contributed by atoms with Crippen LogP contribution in [0.5, 0.6) is 0 Å². The van der Waals surface area contributed by atoms with Crippen LogP contribution in [0.1, 0.15) is 17.7 Å². The number of piperidine rings is 1. The van der Waals surface area contributed by atoms with E-state index in [1.54, 1.807) is 22.7 Å². The van der Waals surface area contributed by atoms with Gasteiger partial charge in [-0.15, -0.1) is 35.3 Å². The second kappa shape index (κ2) is 10.6. The maximum absolute atomic E-state index is 11.5. The summed E-state index contributed by atoms with van der Waals surface area (Å²) < 4.78 is 24.6. The molecule has 24 heavy (non-hydrogen) atoms. The van der Waals surface area contributed by atoms with Gasteiger partial charge in [0.15, 0.2) is 5.96 Å². The molecule has 0 saturated carbocycles. The van der Waals surface area contributed by atoms with E-state index >= 15 is 0 Å². The summed E-state index contributed by atoms with van der Waals surface area (Å²) in [5.41, 5.74) is 0. The lowest BCUT2D eigenvalue weighted by atomic mass is 9.98. The van der Waals surface area contributed by atoms with Crippen molar-refractivity contribution in [2.24, 2.45) is 10.9 Å². The topological polar surface area (TPSA) is 73.8 Å². The molecule has 138 valence electrons. The number of thiophene rings is 1. The van der Waals surface area contributed by atoms with Gasteiger partial charge in [0.2, 0.25) is 10.0 Å². The van der Waals surface area contributed by atoms with E-state index in [1.807, 2.05) is 0 Å². The van der Waals surface area contributed by atoms with E-state index in [4.69, 9.17) is 0 Å². The number of aliphatic imine (C=N–C) groups is 1. The minimum absolute atomic E-state index is 0. The van der Waals surface area contributed by atoms with Crippen molar-refractivity contribution in [2.75, 3.05) is 39.5 Å². The molecule has 2 rings (SSSR count). The van der Waals surface area contributed by atoms with E-state index in [9.17, 15) is 8.42 Å². The van der Waals surface area contributed by atoms with Crippen molar-refractivity contribution >= 4 is 51.3 Å². The van der Waals surface area contributed by atoms with Crippen LogP contribution in [0, 0.1) is 5.92 Å². The molecule has 0 amide bonds. The largest absolute Gasteiger partial charge is 0.356 e. The summed E-state index contributed by atoms with van der Waals surface area (Å²) in [5, 5.41) is 8.76. The van der Waals surface area contributed by atoms with Gasteiger partial charge in [0.25, 0.3) is 0 Å². The highest BCUT2D eigenvalue weighted by atomic mass is 127. The molecule has 0 unspecified atom stereocenters. The van der Waals surface area contributed by atoms with Crippen LogP contribution >= 0.6 is 35.3 Å². The Balaban J connectivity index is 0.00000288. The Morgan fingerprint density at radius 2 is 2.08 bits per heavy atom. The fourth-order valence-electron chi connectivity index (χ4n) is 2.67. The van der Waals surface area contributed by atoms with E-state index in [0.29, 0.717) is 19.0 Å². The molecule has 1 fully saturated rings. The number of nitrogens with one attached hydrogen (secondary N) is 2. The molecule has 1 aromatic rings. The van der Waals surface area contributed by atoms with Crippen molar-refractivity contribution < 1.29 is 8.42 Å². The molecule has 0 radical (unpaired) electrons. The molecule has 6 nitrogen and oxygen atoms in total. The highest BCUT2D eigenvalue weighted by Crippen LogP contribution is 2.18. The number of sulfonamides is 1. The fourth-order valence-corrected chi connectivity index (χ4v) is 4.25. The van der Waals surface area contributed by atoms with Crippen LogP contribution in [0.2, 0.25) is 0 Å². The Morgan fingerprint density at radius 3 is 2.62 bits per heavy atom. The van der Waals surface area contributed by atoms with Crippen LogP contribution in [0.4, 0.5) is 0 Å². The second-order valence-corrected chi connectivity index (χ2v) is 8.83. The van der Waals surface area contributed by atoms with Crippen molar-refractivity contribution in [3.8, 4) is 0 Å². The number of rotatable bonds is 6. The third kappa shape index (κ3) is 7.24. The fraction of sp³-hybridized carbons (Fsp3) is 0.667. The number of hydrogen-bond acceptors (Lipinski definition) is 4. The maximum Gasteiger partial charge on any atom is 0.211 e. The van der Waals surface area contributed by atoms with Gasteiger partial charge in [-0.25, -0.2) is 12.7 Å². The lowest BCUT2D eigenvalue weighted by Gasteiger charge is -2.30. The van der Waals surface area contributed by atoms with Crippen molar-refractivity contribution in [3.05, 3.63) is 22.4 Å². The Kier molecular flexibility index (Phi) is 9.53. The van der Waals surface area contributed by atoms with Gasteiger partial charge in [-0.2, -0.15) is 0 Å². The van der Waals surface area contributed by atoms with Gasteiger partial charge in [-0.3, -0.25) is 4.99 Å². The second-order valence-electron chi connectivity index (χ2n) is 5.81. The molecule has 1 saturated heterocycles. The molecule has 2 heterocycles. The van der Waals surface area contributed by atoms with E-state index in [0.717, 1.165) is 38.3 Å². The Morgan fingerprint density at radius 1 is 1.38 bits per heavy atom. The summed E-state index contributed by atoms with van der Waals surface area (Å²) in [5.74, 6) is 1.30. The molecule has 9 heteroatoms. The minimum atomic E-state index is -3.04. The number of guanidine groups is 1. The number of hydrogen-bond donors (Lipinski definition) is 2. The first kappa shape index (κ1) is 21.7. The molecule has 1 aliphatic heterocycles. The molecule has 0 spiro atoms. The SMILES string of the molecule is CN=C(NCCc1cccs1)NCC1CCN(S(C)(=O)=O)CC1.I. The molecular formula is C15H27IN4O2S2. The highest BCUT2D eigenvalue weighted by molar-refractivity contribution is 14.0. The lowest BCUT2D eigenvalue weighted by Crippen LogP contribution is -2.44. The molecule has 1 aromatic heterocycles. The molecule has 0 bridgehead atoms. The zero-order valence-electron chi connectivity index (χ0n) is 14.2. The van der Waals surface area contributed by atoms with Crippen LogP contribution in [-0.4, -0.2) is 58.2 Å². The van der Waals surface area contributed by atoms with E-state index in [1.165, 1.54) is 11.1 Å². The predicted molar refractivity (Wildman–Crippen MR) is 112 cm³/mol. The molecule has 0 aliphatic carbocycles. The molecule has 1 aliphatic rings. The summed E-state index contributed by atoms with van der Waals surface area (Å²) in [6, 6.07) is 4.20. The van der Waals surface area contributed by atoms with E-state index in [-0.39, 0.29) is 24.0 Å². The first-order valence-corrected chi connectivity index (χ1v) is 10.6. The molecule has 0 aromatic carbocycles. The van der Waals surface area contributed by atoms with E-state index < -0.39 is 10.0 Å². The van der Waals surface area contributed by atoms with Gasteiger partial charge in [0, 0.05) is 38.1 Å². The number of nitrogens with zero attached hydrogens (tertiary/aromatic N) is 2. The zero-order chi connectivity index (χ0) is 16.7. The monoisotopic (exact) mass is 486 g/mol. The molecule has 0 atom stereocenters. The molecule has 2 N–H and O–H groups in total. The summed E-state index contributed by atoms with van der Waals surface area (Å²) >= 11 is 1.77. The van der Waals surface area contributed by atoms with Crippen molar-refractivity contribution in [1.29, 1.82) is 0 Å². The van der Waals surface area contributed by atoms with Gasteiger partial charge in [0.05, 0.1) is 6.26 Å². The first-order chi connectivity index (χ1) is 11.0. The van der Waals surface area contributed by atoms with E-state index in [2.05, 4.69) is 33.1 Å². The van der Waals surface area contributed by atoms with Gasteiger partial charge < -0.3 is 10.6 Å². The average molecular weight is 486 g/mol. The summed E-state index contributed by atoms with van der Waals surface area (Å²) in [7, 11) is -1.27. The highest BCUT2D eigenvalue weighted by Gasteiger charge is 2.24. The lowest BCUT2D eigenvalue weighted by molar-refractivity contribution is 0.275. The van der Waals surface area contributed by atoms with Gasteiger partial charge in [0.1, 0.15) is 0 Å². The van der Waals surface area contributed by atoms with Gasteiger partial charge in [-0.05, 0) is 36.6 Å². The first-order valence-electron chi connectivity index (χ1n) is 7.91.